The van der Waals surface area contributed by atoms with E-state index in [2.05, 4.69) is 0 Å². The summed E-state index contributed by atoms with van der Waals surface area (Å²) in [5.74, 6) is 0. The second-order valence-electron chi connectivity index (χ2n) is 3.29. The summed E-state index contributed by atoms with van der Waals surface area (Å²) in [6.45, 7) is 0. The second kappa shape index (κ2) is 2.83. The van der Waals surface area contributed by atoms with Crippen molar-refractivity contribution in [3.05, 3.63) is 32.8 Å². The van der Waals surface area contributed by atoms with Gasteiger partial charge in [-0.1, -0.05) is 0 Å². The molecule has 2 N–H and O–H groups in total. The van der Waals surface area contributed by atoms with Crippen LogP contribution in [0.25, 0.3) is 0 Å². The molecule has 6 nitrogen and oxygen atoms in total. The Bertz CT molecular complexity index is 417. The lowest BCUT2D eigenvalue weighted by Crippen LogP contribution is -2.32. The molecule has 0 aliphatic heterocycles. The summed E-state index contributed by atoms with van der Waals surface area (Å²) in [4.78, 5) is 10.2. The number of nitrogen functional groups attached to an aromatic ring is 1. The number of anilines is 1. The summed E-state index contributed by atoms with van der Waals surface area (Å²) < 4.78 is 0.644. The van der Waals surface area contributed by atoms with E-state index in [9.17, 15) is 15.3 Å². The summed E-state index contributed by atoms with van der Waals surface area (Å²) in [5.41, 5.74) is 6.29. The zero-order valence-corrected chi connectivity index (χ0v) is 7.40. The molecule has 1 aliphatic carbocycles. The van der Waals surface area contributed by atoms with Gasteiger partial charge in [0, 0.05) is 6.42 Å². The highest BCUT2D eigenvalue weighted by molar-refractivity contribution is 5.61. The summed E-state index contributed by atoms with van der Waals surface area (Å²) in [6.07, 6.45) is 3.02. The quantitative estimate of drug-likeness (QED) is 0.301. The zero-order chi connectivity index (χ0) is 10.3. The van der Waals surface area contributed by atoms with Crippen LogP contribution in [0.2, 0.25) is 0 Å². The van der Waals surface area contributed by atoms with Gasteiger partial charge in [-0.3, -0.25) is 10.1 Å². The van der Waals surface area contributed by atoms with Crippen LogP contribution in [-0.2, 0) is 12.8 Å². The molecule has 0 unspecified atom stereocenters. The molecule has 0 atom stereocenters. The van der Waals surface area contributed by atoms with Crippen LogP contribution in [0.4, 0.5) is 11.4 Å². The van der Waals surface area contributed by atoms with E-state index in [4.69, 9.17) is 5.73 Å². The topological polar surface area (TPSA) is 96.1 Å². The van der Waals surface area contributed by atoms with Crippen molar-refractivity contribution in [3.8, 4) is 0 Å². The Labute approximate surface area is 79.7 Å². The summed E-state index contributed by atoms with van der Waals surface area (Å²) in [7, 11) is 0. The van der Waals surface area contributed by atoms with Crippen molar-refractivity contribution in [2.24, 2.45) is 0 Å². The standard InChI is InChI=1S/C8H9N3O3/c9-6-4-10(12)7-3-1-2-5(7)8(6)11(13)14/h4H,1-3,9H2. The lowest BCUT2D eigenvalue weighted by Gasteiger charge is -2.05. The van der Waals surface area contributed by atoms with Crippen molar-refractivity contribution >= 4 is 11.4 Å². The molecule has 0 saturated heterocycles. The zero-order valence-electron chi connectivity index (χ0n) is 7.40. The highest BCUT2D eigenvalue weighted by atomic mass is 16.6. The lowest BCUT2D eigenvalue weighted by molar-refractivity contribution is -0.613. The van der Waals surface area contributed by atoms with Crippen molar-refractivity contribution in [2.75, 3.05) is 5.73 Å². The number of fused-ring (bicyclic) bond motifs is 1. The minimum Gasteiger partial charge on any atom is -0.618 e. The van der Waals surface area contributed by atoms with Crippen LogP contribution < -0.4 is 10.5 Å². The van der Waals surface area contributed by atoms with E-state index in [-0.39, 0.29) is 11.4 Å². The maximum absolute atomic E-state index is 11.3. The first-order valence-corrected chi connectivity index (χ1v) is 4.29. The Morgan fingerprint density at radius 2 is 2.21 bits per heavy atom. The second-order valence-corrected chi connectivity index (χ2v) is 3.29. The number of nitrogens with zero attached hydrogens (tertiary/aromatic N) is 2. The van der Waals surface area contributed by atoms with Crippen LogP contribution in [-0.4, -0.2) is 4.92 Å². The van der Waals surface area contributed by atoms with Crippen molar-refractivity contribution in [3.63, 3.8) is 0 Å². The molecule has 14 heavy (non-hydrogen) atoms. The fourth-order valence-corrected chi connectivity index (χ4v) is 1.88. The van der Waals surface area contributed by atoms with E-state index in [1.54, 1.807) is 0 Å². The van der Waals surface area contributed by atoms with Gasteiger partial charge < -0.3 is 10.9 Å². The van der Waals surface area contributed by atoms with Gasteiger partial charge in [0.2, 0.25) is 11.9 Å². The first-order chi connectivity index (χ1) is 6.61. The van der Waals surface area contributed by atoms with Crippen molar-refractivity contribution < 1.29 is 9.65 Å². The van der Waals surface area contributed by atoms with Gasteiger partial charge in [0.15, 0.2) is 5.69 Å². The number of hydrogen-bond donors (Lipinski definition) is 1. The molecule has 0 aromatic carbocycles. The van der Waals surface area contributed by atoms with Crippen LogP contribution in [0.3, 0.4) is 0 Å². The highest BCUT2D eigenvalue weighted by Crippen LogP contribution is 2.32. The van der Waals surface area contributed by atoms with Crippen LogP contribution >= 0.6 is 0 Å². The van der Waals surface area contributed by atoms with Gasteiger partial charge >= 0.3 is 5.69 Å². The predicted octanol–water partition coefficient (Wildman–Crippen LogP) is 0.299. The molecule has 1 aliphatic rings. The molecule has 0 saturated carbocycles. The third-order valence-corrected chi connectivity index (χ3v) is 2.45. The fraction of sp³-hybridized carbons (Fsp3) is 0.375. The Morgan fingerprint density at radius 1 is 1.50 bits per heavy atom. The van der Waals surface area contributed by atoms with Crippen molar-refractivity contribution in [1.82, 2.24) is 0 Å². The summed E-state index contributed by atoms with van der Waals surface area (Å²) in [6, 6.07) is 0. The van der Waals surface area contributed by atoms with E-state index < -0.39 is 4.92 Å². The maximum atomic E-state index is 11.3. The monoisotopic (exact) mass is 195 g/mol. The molecule has 0 amide bonds. The number of pyridine rings is 1. The first-order valence-electron chi connectivity index (χ1n) is 4.29. The molecule has 2 rings (SSSR count). The molecule has 1 aromatic rings. The predicted molar refractivity (Wildman–Crippen MR) is 48.5 cm³/mol. The highest BCUT2D eigenvalue weighted by Gasteiger charge is 2.31. The molecule has 6 heteroatoms. The van der Waals surface area contributed by atoms with Gasteiger partial charge in [-0.05, 0) is 12.8 Å². The molecule has 0 bridgehead atoms. The molecule has 0 radical (unpaired) electrons. The van der Waals surface area contributed by atoms with E-state index in [1.807, 2.05) is 0 Å². The SMILES string of the molecule is Nc1c[n+]([O-])c2c(c1[N+](=O)[O-])CCC2. The van der Waals surface area contributed by atoms with Gasteiger partial charge in [0.05, 0.1) is 4.92 Å². The third kappa shape index (κ3) is 1.07. The average Bonchev–Trinajstić information content (AvgIpc) is 2.51. The van der Waals surface area contributed by atoms with E-state index in [1.165, 1.54) is 0 Å². The van der Waals surface area contributed by atoms with Gasteiger partial charge in [-0.15, -0.1) is 0 Å². The first kappa shape index (κ1) is 8.74. The fourth-order valence-electron chi connectivity index (χ4n) is 1.88. The van der Waals surface area contributed by atoms with E-state index in [0.29, 0.717) is 28.8 Å². The number of nitro groups is 1. The lowest BCUT2D eigenvalue weighted by atomic mass is 10.1. The summed E-state index contributed by atoms with van der Waals surface area (Å²) in [5, 5.41) is 22.0. The number of aromatic nitrogens is 1. The molecule has 74 valence electrons. The largest absolute Gasteiger partial charge is 0.618 e. The minimum absolute atomic E-state index is 0.0503. The van der Waals surface area contributed by atoms with Crippen LogP contribution in [0, 0.1) is 15.3 Å². The van der Waals surface area contributed by atoms with Crippen LogP contribution in [0.15, 0.2) is 6.20 Å². The molecule has 1 aromatic heterocycles. The van der Waals surface area contributed by atoms with E-state index >= 15 is 0 Å². The molecular weight excluding hydrogens is 186 g/mol. The Hall–Kier alpha value is -1.85. The number of rotatable bonds is 1. The smallest absolute Gasteiger partial charge is 0.307 e. The van der Waals surface area contributed by atoms with Crippen molar-refractivity contribution in [1.29, 1.82) is 0 Å². The van der Waals surface area contributed by atoms with Crippen molar-refractivity contribution in [2.45, 2.75) is 19.3 Å². The molecule has 0 fully saturated rings. The number of hydrogen-bond acceptors (Lipinski definition) is 4. The van der Waals surface area contributed by atoms with Crippen LogP contribution in [0.1, 0.15) is 17.7 Å². The molecule has 1 heterocycles. The normalized spacial score (nSPS) is 14.0. The Morgan fingerprint density at radius 3 is 2.86 bits per heavy atom. The van der Waals surface area contributed by atoms with Crippen LogP contribution in [0.5, 0.6) is 0 Å². The molecular formula is C8H9N3O3. The van der Waals surface area contributed by atoms with Gasteiger partial charge in [0.1, 0.15) is 5.56 Å². The van der Waals surface area contributed by atoms with Gasteiger partial charge in [-0.2, -0.15) is 4.73 Å². The Balaban J connectivity index is 2.72. The average molecular weight is 195 g/mol. The van der Waals surface area contributed by atoms with Gasteiger partial charge in [0.25, 0.3) is 0 Å². The maximum Gasteiger partial charge on any atom is 0.307 e. The third-order valence-electron chi connectivity index (χ3n) is 2.45. The summed E-state index contributed by atoms with van der Waals surface area (Å²) >= 11 is 0. The Kier molecular flexibility index (Phi) is 1.77. The van der Waals surface area contributed by atoms with E-state index in [0.717, 1.165) is 12.6 Å². The number of nitrogens with two attached hydrogens (primary N) is 1. The molecule has 0 spiro atoms. The van der Waals surface area contributed by atoms with Gasteiger partial charge in [-0.25, -0.2) is 0 Å². The minimum atomic E-state index is -0.514.